The standard InChI is InChI=1S/C9H8N2O/c12-6-7-3-4-8-9(11-7)2-1-5-10-8/h1-2,5-6H,3-4H2. The number of aryl methyl sites for hydroxylation is 1. The average Bonchev–Trinajstić information content (AvgIpc) is 2.17. The maximum Gasteiger partial charge on any atom is 0.164 e. The summed E-state index contributed by atoms with van der Waals surface area (Å²) in [6, 6.07) is 3.71. The van der Waals surface area contributed by atoms with Crippen molar-refractivity contribution in [3.63, 3.8) is 0 Å². The normalized spacial score (nSPS) is 14.8. The van der Waals surface area contributed by atoms with Gasteiger partial charge in [0.2, 0.25) is 0 Å². The largest absolute Gasteiger partial charge is 0.297 e. The highest BCUT2D eigenvalue weighted by Crippen LogP contribution is 2.22. The second kappa shape index (κ2) is 2.85. The lowest BCUT2D eigenvalue weighted by molar-refractivity contribution is -0.102. The fourth-order valence-corrected chi connectivity index (χ4v) is 1.27. The van der Waals surface area contributed by atoms with Crippen LogP contribution in [0.25, 0.3) is 0 Å². The Morgan fingerprint density at radius 2 is 2.33 bits per heavy atom. The van der Waals surface area contributed by atoms with Crippen LogP contribution in [0.5, 0.6) is 0 Å². The van der Waals surface area contributed by atoms with Crippen LogP contribution in [0, 0.1) is 0 Å². The zero-order valence-electron chi connectivity index (χ0n) is 6.53. The lowest BCUT2D eigenvalue weighted by Crippen LogP contribution is -2.07. The minimum Gasteiger partial charge on any atom is -0.297 e. The van der Waals surface area contributed by atoms with Gasteiger partial charge in [0.25, 0.3) is 0 Å². The van der Waals surface area contributed by atoms with E-state index in [0.29, 0.717) is 12.1 Å². The van der Waals surface area contributed by atoms with Gasteiger partial charge in [-0.3, -0.25) is 9.78 Å². The van der Waals surface area contributed by atoms with Crippen molar-refractivity contribution in [2.45, 2.75) is 12.8 Å². The summed E-state index contributed by atoms with van der Waals surface area (Å²) < 4.78 is 0. The van der Waals surface area contributed by atoms with E-state index in [-0.39, 0.29) is 0 Å². The number of rotatable bonds is 1. The second-order valence-electron chi connectivity index (χ2n) is 2.69. The molecule has 0 aliphatic carbocycles. The SMILES string of the molecule is O=CC1=Nc2cccnc2CC1. The smallest absolute Gasteiger partial charge is 0.164 e. The molecule has 1 aliphatic rings. The first-order valence-corrected chi connectivity index (χ1v) is 3.87. The Bertz CT molecular complexity index is 344. The maximum absolute atomic E-state index is 10.4. The first-order chi connectivity index (χ1) is 5.90. The molecule has 0 radical (unpaired) electrons. The third kappa shape index (κ3) is 1.13. The molecular formula is C9H8N2O. The molecule has 2 heterocycles. The van der Waals surface area contributed by atoms with Crippen LogP contribution in [0.15, 0.2) is 23.3 Å². The van der Waals surface area contributed by atoms with Crippen molar-refractivity contribution in [2.75, 3.05) is 0 Å². The predicted octanol–water partition coefficient (Wildman–Crippen LogP) is 1.30. The highest BCUT2D eigenvalue weighted by atomic mass is 16.1. The Kier molecular flexibility index (Phi) is 1.70. The summed E-state index contributed by atoms with van der Waals surface area (Å²) >= 11 is 0. The van der Waals surface area contributed by atoms with E-state index in [1.165, 1.54) is 0 Å². The Morgan fingerprint density at radius 1 is 1.42 bits per heavy atom. The summed E-state index contributed by atoms with van der Waals surface area (Å²) in [5, 5.41) is 0. The van der Waals surface area contributed by atoms with Crippen LogP contribution in [-0.4, -0.2) is 17.0 Å². The lowest BCUT2D eigenvalue weighted by Gasteiger charge is -2.09. The van der Waals surface area contributed by atoms with Crippen LogP contribution >= 0.6 is 0 Å². The highest BCUT2D eigenvalue weighted by Gasteiger charge is 2.10. The fraction of sp³-hybridized carbons (Fsp3) is 0.222. The average molecular weight is 160 g/mol. The van der Waals surface area contributed by atoms with Crippen molar-refractivity contribution in [2.24, 2.45) is 4.99 Å². The summed E-state index contributed by atoms with van der Waals surface area (Å²) in [6.45, 7) is 0. The van der Waals surface area contributed by atoms with E-state index in [9.17, 15) is 4.79 Å². The van der Waals surface area contributed by atoms with E-state index >= 15 is 0 Å². The van der Waals surface area contributed by atoms with Crippen LogP contribution < -0.4 is 0 Å². The fourth-order valence-electron chi connectivity index (χ4n) is 1.27. The number of aldehydes is 1. The number of fused-ring (bicyclic) bond motifs is 1. The van der Waals surface area contributed by atoms with Gasteiger partial charge in [0.15, 0.2) is 6.29 Å². The summed E-state index contributed by atoms with van der Waals surface area (Å²) in [5.74, 6) is 0. The van der Waals surface area contributed by atoms with E-state index in [2.05, 4.69) is 9.98 Å². The molecule has 3 nitrogen and oxygen atoms in total. The molecule has 1 aromatic rings. The quantitative estimate of drug-likeness (QED) is 0.581. The zero-order chi connectivity index (χ0) is 8.39. The number of pyridine rings is 1. The van der Waals surface area contributed by atoms with Gasteiger partial charge in [0, 0.05) is 6.20 Å². The maximum atomic E-state index is 10.4. The number of carbonyl (C=O) groups excluding carboxylic acids is 1. The van der Waals surface area contributed by atoms with E-state index in [4.69, 9.17) is 0 Å². The van der Waals surface area contributed by atoms with Crippen molar-refractivity contribution in [1.29, 1.82) is 0 Å². The van der Waals surface area contributed by atoms with Crippen molar-refractivity contribution in [1.82, 2.24) is 4.98 Å². The molecule has 0 unspecified atom stereocenters. The molecule has 2 rings (SSSR count). The van der Waals surface area contributed by atoms with E-state index in [1.807, 2.05) is 12.1 Å². The number of aliphatic imine (C=N–C) groups is 1. The van der Waals surface area contributed by atoms with Crippen LogP contribution in [0.1, 0.15) is 12.1 Å². The summed E-state index contributed by atoms with van der Waals surface area (Å²) in [7, 11) is 0. The first kappa shape index (κ1) is 7.16. The monoisotopic (exact) mass is 160 g/mol. The lowest BCUT2D eigenvalue weighted by atomic mass is 10.1. The molecule has 1 aromatic heterocycles. The zero-order valence-corrected chi connectivity index (χ0v) is 6.53. The number of hydrogen-bond acceptors (Lipinski definition) is 3. The molecular weight excluding hydrogens is 152 g/mol. The molecule has 0 amide bonds. The summed E-state index contributed by atoms with van der Waals surface area (Å²) in [6.07, 6.45) is 4.11. The molecule has 60 valence electrons. The molecule has 0 N–H and O–H groups in total. The minimum absolute atomic E-state index is 0.621. The molecule has 0 aromatic carbocycles. The molecule has 1 aliphatic heterocycles. The van der Waals surface area contributed by atoms with Crippen molar-refractivity contribution >= 4 is 17.7 Å². The van der Waals surface area contributed by atoms with Gasteiger partial charge in [-0.2, -0.15) is 0 Å². The Balaban J connectivity index is 2.47. The van der Waals surface area contributed by atoms with Gasteiger partial charge in [-0.15, -0.1) is 0 Å². The summed E-state index contributed by atoms with van der Waals surface area (Å²) in [4.78, 5) is 18.7. The van der Waals surface area contributed by atoms with E-state index in [1.54, 1.807) is 6.20 Å². The van der Waals surface area contributed by atoms with Crippen LogP contribution in [0.3, 0.4) is 0 Å². The van der Waals surface area contributed by atoms with Gasteiger partial charge in [-0.05, 0) is 25.0 Å². The van der Waals surface area contributed by atoms with Gasteiger partial charge < -0.3 is 0 Å². The molecule has 0 spiro atoms. The van der Waals surface area contributed by atoms with Crippen LogP contribution in [-0.2, 0) is 11.2 Å². The second-order valence-corrected chi connectivity index (χ2v) is 2.69. The highest BCUT2D eigenvalue weighted by molar-refractivity contribution is 6.29. The van der Waals surface area contributed by atoms with Crippen molar-refractivity contribution in [3.05, 3.63) is 24.0 Å². The molecule has 0 fully saturated rings. The van der Waals surface area contributed by atoms with Gasteiger partial charge in [-0.25, -0.2) is 4.99 Å². The minimum atomic E-state index is 0.621. The molecule has 0 saturated carbocycles. The van der Waals surface area contributed by atoms with Crippen LogP contribution in [0.2, 0.25) is 0 Å². The van der Waals surface area contributed by atoms with Gasteiger partial charge in [0.05, 0.1) is 17.1 Å². The first-order valence-electron chi connectivity index (χ1n) is 3.87. The van der Waals surface area contributed by atoms with Gasteiger partial charge >= 0.3 is 0 Å². The van der Waals surface area contributed by atoms with Crippen molar-refractivity contribution < 1.29 is 4.79 Å². The van der Waals surface area contributed by atoms with Crippen molar-refractivity contribution in [3.8, 4) is 0 Å². The molecule has 0 atom stereocenters. The van der Waals surface area contributed by atoms with E-state index < -0.39 is 0 Å². The Labute approximate surface area is 70.2 Å². The summed E-state index contributed by atoms with van der Waals surface area (Å²) in [5.41, 5.74) is 2.45. The molecule has 3 heteroatoms. The Hall–Kier alpha value is -1.51. The third-order valence-electron chi connectivity index (χ3n) is 1.88. The molecule has 0 saturated heterocycles. The molecule has 12 heavy (non-hydrogen) atoms. The van der Waals surface area contributed by atoms with Gasteiger partial charge in [-0.1, -0.05) is 0 Å². The number of aromatic nitrogens is 1. The number of hydrogen-bond donors (Lipinski definition) is 0. The number of nitrogens with zero attached hydrogens (tertiary/aromatic N) is 2. The third-order valence-corrected chi connectivity index (χ3v) is 1.88. The number of carbonyl (C=O) groups is 1. The van der Waals surface area contributed by atoms with Crippen LogP contribution in [0.4, 0.5) is 5.69 Å². The topological polar surface area (TPSA) is 42.3 Å². The predicted molar refractivity (Wildman–Crippen MR) is 45.7 cm³/mol. The molecule has 0 bridgehead atoms. The van der Waals surface area contributed by atoms with E-state index in [0.717, 1.165) is 24.1 Å². The Morgan fingerprint density at radius 3 is 3.17 bits per heavy atom. The van der Waals surface area contributed by atoms with Gasteiger partial charge in [0.1, 0.15) is 0 Å².